The number of rotatable bonds is 7. The quantitative estimate of drug-likeness (QED) is 0.257. The van der Waals surface area contributed by atoms with Gasteiger partial charge in [-0.2, -0.15) is 0 Å². The third-order valence-corrected chi connectivity index (χ3v) is 7.24. The van der Waals surface area contributed by atoms with Crippen LogP contribution in [-0.2, 0) is 0 Å². The van der Waals surface area contributed by atoms with Crippen molar-refractivity contribution in [3.05, 3.63) is 83.4 Å². The van der Waals surface area contributed by atoms with Gasteiger partial charge < -0.3 is 25.3 Å². The minimum Gasteiger partial charge on any atom is -0.494 e. The number of nitrogens with zero attached hydrogens (tertiary/aromatic N) is 1. The third kappa shape index (κ3) is 4.69. The highest BCUT2D eigenvalue weighted by Crippen LogP contribution is 2.39. The number of nitrogens with one attached hydrogen (secondary N) is 1. The molecule has 1 aromatic heterocycles. The van der Waals surface area contributed by atoms with E-state index in [0.29, 0.717) is 28.7 Å². The Balaban J connectivity index is 1.58. The normalized spacial score (nSPS) is 15.7. The fraction of sp³-hybridized carbons (Fsp3) is 0.300. The topological polar surface area (TPSA) is 92.9 Å². The average molecular weight is 484 g/mol. The molecule has 4 N–H and O–H groups in total. The Bertz CT molecular complexity index is 1350. The van der Waals surface area contributed by atoms with Gasteiger partial charge in [-0.1, -0.05) is 61.7 Å². The Hall–Kier alpha value is -3.77. The molecule has 0 spiro atoms. The van der Waals surface area contributed by atoms with Gasteiger partial charge in [-0.3, -0.25) is 0 Å². The van der Waals surface area contributed by atoms with Crippen molar-refractivity contribution in [1.29, 1.82) is 0 Å². The zero-order valence-electron chi connectivity index (χ0n) is 20.8. The van der Waals surface area contributed by atoms with E-state index in [1.165, 1.54) is 32.1 Å². The number of fused-ring (bicyclic) bond motifs is 1. The lowest BCUT2D eigenvalue weighted by Crippen LogP contribution is -2.23. The first-order valence-electron chi connectivity index (χ1n) is 12.6. The van der Waals surface area contributed by atoms with Crippen molar-refractivity contribution in [2.24, 2.45) is 16.6 Å². The van der Waals surface area contributed by atoms with Crippen LogP contribution in [0.25, 0.3) is 10.9 Å². The molecule has 1 unspecified atom stereocenters. The second kappa shape index (κ2) is 10.5. The molecule has 5 rings (SSSR count). The van der Waals surface area contributed by atoms with Gasteiger partial charge in [-0.05, 0) is 42.5 Å². The number of nitrogens with two attached hydrogens (primary N) is 1. The van der Waals surface area contributed by atoms with Crippen molar-refractivity contribution in [2.75, 3.05) is 14.2 Å². The molecule has 0 amide bonds. The van der Waals surface area contributed by atoms with E-state index in [2.05, 4.69) is 17.1 Å². The number of aromatic amines is 1. The Morgan fingerprint density at radius 3 is 2.28 bits per heavy atom. The molecule has 36 heavy (non-hydrogen) atoms. The number of aromatic nitrogens is 1. The molecule has 186 valence electrons. The van der Waals surface area contributed by atoms with Gasteiger partial charge in [0.25, 0.3) is 0 Å². The predicted molar refractivity (Wildman–Crippen MR) is 145 cm³/mol. The van der Waals surface area contributed by atoms with Crippen molar-refractivity contribution in [2.45, 2.75) is 38.1 Å². The van der Waals surface area contributed by atoms with Crippen LogP contribution in [0, 0.1) is 5.92 Å². The maximum absolute atomic E-state index is 11.0. The summed E-state index contributed by atoms with van der Waals surface area (Å²) in [5.41, 5.74) is 11.5. The van der Waals surface area contributed by atoms with E-state index >= 15 is 0 Å². The molecule has 3 aromatic carbocycles. The van der Waals surface area contributed by atoms with Crippen LogP contribution in [0.4, 0.5) is 5.69 Å². The zero-order chi connectivity index (χ0) is 25.1. The highest BCUT2D eigenvalue weighted by atomic mass is 16.5. The summed E-state index contributed by atoms with van der Waals surface area (Å²) in [7, 11) is 3.19. The lowest BCUT2D eigenvalue weighted by molar-refractivity contribution is 0.308. The fourth-order valence-corrected chi connectivity index (χ4v) is 5.27. The summed E-state index contributed by atoms with van der Waals surface area (Å²) in [6, 6.07) is 21.8. The molecule has 1 aliphatic rings. The largest absolute Gasteiger partial charge is 0.494 e. The molecule has 0 saturated heterocycles. The predicted octanol–water partition coefficient (Wildman–Crippen LogP) is 6.64. The van der Waals surface area contributed by atoms with E-state index in [9.17, 15) is 5.11 Å². The van der Waals surface area contributed by atoms with Crippen LogP contribution in [0.2, 0.25) is 0 Å². The third-order valence-electron chi connectivity index (χ3n) is 7.24. The van der Waals surface area contributed by atoms with Gasteiger partial charge in [0.05, 0.1) is 36.7 Å². The van der Waals surface area contributed by atoms with Gasteiger partial charge in [-0.25, -0.2) is 4.99 Å². The van der Waals surface area contributed by atoms with Gasteiger partial charge in [-0.15, -0.1) is 0 Å². The number of ether oxygens (including phenoxy) is 2. The highest BCUT2D eigenvalue weighted by molar-refractivity contribution is 6.22. The minimum absolute atomic E-state index is 0.0406. The van der Waals surface area contributed by atoms with Crippen molar-refractivity contribution >= 4 is 22.3 Å². The smallest absolute Gasteiger partial charge is 0.199 e. The van der Waals surface area contributed by atoms with Crippen LogP contribution >= 0.6 is 0 Å². The van der Waals surface area contributed by atoms with Crippen molar-refractivity contribution < 1.29 is 14.6 Å². The molecule has 1 heterocycles. The SMILES string of the molecule is COc1cc2[nH]c(O)c(C(=Nc3ccc(C(N)C4CCCCC4)cc3)c3ccccc3)c2cc1OC. The molecular formula is C30H33N3O3. The van der Waals surface area contributed by atoms with Crippen molar-refractivity contribution in [3.63, 3.8) is 0 Å². The molecular weight excluding hydrogens is 450 g/mol. The highest BCUT2D eigenvalue weighted by Gasteiger charge is 2.23. The average Bonchev–Trinajstić information content (AvgIpc) is 3.26. The molecule has 0 aliphatic heterocycles. The van der Waals surface area contributed by atoms with Gasteiger partial charge in [0, 0.05) is 23.1 Å². The summed E-state index contributed by atoms with van der Waals surface area (Å²) in [5.74, 6) is 1.75. The molecule has 1 fully saturated rings. The standard InChI is InChI=1S/C30H33N3O3/c1-35-25-17-23-24(18-26(25)36-2)33-30(34)27(23)29(21-11-7-4-8-12-21)32-22-15-13-20(14-16-22)28(31)19-9-5-3-6-10-19/h4,7-8,11-19,28,33-34H,3,5-6,9-10,31H2,1-2H3. The molecule has 0 bridgehead atoms. The second-order valence-electron chi connectivity index (χ2n) is 9.44. The monoisotopic (exact) mass is 483 g/mol. The van der Waals surface area contributed by atoms with Gasteiger partial charge in [0.1, 0.15) is 0 Å². The van der Waals surface area contributed by atoms with Crippen molar-refractivity contribution in [3.8, 4) is 17.4 Å². The van der Waals surface area contributed by atoms with Gasteiger partial charge >= 0.3 is 0 Å². The molecule has 6 heteroatoms. The van der Waals surface area contributed by atoms with Crippen LogP contribution in [-0.4, -0.2) is 30.0 Å². The van der Waals surface area contributed by atoms with Crippen LogP contribution in [0.3, 0.4) is 0 Å². The van der Waals surface area contributed by atoms with Crippen LogP contribution in [0.5, 0.6) is 17.4 Å². The lowest BCUT2D eigenvalue weighted by atomic mass is 9.81. The summed E-state index contributed by atoms with van der Waals surface area (Å²) >= 11 is 0. The molecule has 4 aromatic rings. The maximum Gasteiger partial charge on any atom is 0.199 e. The number of aromatic hydroxyl groups is 1. The molecule has 1 saturated carbocycles. The first-order valence-corrected chi connectivity index (χ1v) is 12.6. The van der Waals surface area contributed by atoms with Crippen LogP contribution in [0.15, 0.2) is 71.7 Å². The number of hydrogen-bond donors (Lipinski definition) is 3. The summed E-state index contributed by atoms with van der Waals surface area (Å²) < 4.78 is 11.0. The van der Waals surface area contributed by atoms with E-state index in [4.69, 9.17) is 20.2 Å². The summed E-state index contributed by atoms with van der Waals surface area (Å²) in [6.45, 7) is 0. The van der Waals surface area contributed by atoms with Gasteiger partial charge in [0.2, 0.25) is 0 Å². The Morgan fingerprint density at radius 1 is 0.944 bits per heavy atom. The number of H-pyrrole nitrogens is 1. The van der Waals surface area contributed by atoms with E-state index in [1.807, 2.05) is 54.6 Å². The van der Waals surface area contributed by atoms with Crippen LogP contribution < -0.4 is 15.2 Å². The fourth-order valence-electron chi connectivity index (χ4n) is 5.27. The summed E-state index contributed by atoms with van der Waals surface area (Å²) in [5, 5.41) is 11.8. The van der Waals surface area contributed by atoms with Gasteiger partial charge in [0.15, 0.2) is 17.4 Å². The Kier molecular flexibility index (Phi) is 6.96. The molecule has 0 radical (unpaired) electrons. The van der Waals surface area contributed by atoms with E-state index < -0.39 is 0 Å². The van der Waals surface area contributed by atoms with E-state index in [1.54, 1.807) is 14.2 Å². The lowest BCUT2D eigenvalue weighted by Gasteiger charge is -2.27. The molecule has 1 aliphatic carbocycles. The Labute approximate surface area is 211 Å². The number of hydrogen-bond acceptors (Lipinski definition) is 5. The Morgan fingerprint density at radius 2 is 1.61 bits per heavy atom. The van der Waals surface area contributed by atoms with Crippen molar-refractivity contribution in [1.82, 2.24) is 4.98 Å². The minimum atomic E-state index is 0.0406. The first-order chi connectivity index (χ1) is 17.6. The number of methoxy groups -OCH3 is 2. The van der Waals surface area contributed by atoms with E-state index in [0.717, 1.165) is 27.7 Å². The molecule has 6 nitrogen and oxygen atoms in total. The summed E-state index contributed by atoms with van der Waals surface area (Å²) in [4.78, 5) is 8.09. The van der Waals surface area contributed by atoms with E-state index in [-0.39, 0.29) is 11.9 Å². The zero-order valence-corrected chi connectivity index (χ0v) is 20.8. The summed E-state index contributed by atoms with van der Waals surface area (Å²) in [6.07, 6.45) is 6.26. The molecule has 1 atom stereocenters. The van der Waals surface area contributed by atoms with Crippen LogP contribution in [0.1, 0.15) is 54.8 Å². The number of benzene rings is 3. The maximum atomic E-state index is 11.0. The number of aliphatic imine (C=N–C) groups is 1. The first kappa shape index (κ1) is 23.9. The second-order valence-corrected chi connectivity index (χ2v) is 9.44.